The third-order valence-corrected chi connectivity index (χ3v) is 4.56. The summed E-state index contributed by atoms with van der Waals surface area (Å²) >= 11 is 6.12. The summed E-state index contributed by atoms with van der Waals surface area (Å²) in [5.41, 5.74) is 1.91. The molecule has 144 valence electrons. The molecule has 2 heterocycles. The summed E-state index contributed by atoms with van der Waals surface area (Å²) in [5.74, 6) is 1.55. The largest absolute Gasteiger partial charge is 0.356 e. The van der Waals surface area contributed by atoms with Gasteiger partial charge in [-0.1, -0.05) is 43.6 Å². The van der Waals surface area contributed by atoms with Crippen LogP contribution in [0.3, 0.4) is 0 Å². The van der Waals surface area contributed by atoms with Gasteiger partial charge in [-0.2, -0.15) is 0 Å². The zero-order valence-electron chi connectivity index (χ0n) is 15.6. The first kappa shape index (κ1) is 21.4. The predicted octanol–water partition coefficient (Wildman–Crippen LogP) is 3.64. The van der Waals surface area contributed by atoms with E-state index < -0.39 is 0 Å². The Morgan fingerprint density at radius 2 is 1.96 bits per heavy atom. The lowest BCUT2D eigenvalue weighted by molar-refractivity contribution is 0.508. The van der Waals surface area contributed by atoms with Crippen molar-refractivity contribution in [3.05, 3.63) is 65.1 Å². The maximum atomic E-state index is 6.12. The quantitative estimate of drug-likeness (QED) is 0.320. The molecule has 0 radical (unpaired) electrons. The van der Waals surface area contributed by atoms with E-state index in [1.165, 1.54) is 5.56 Å². The molecule has 2 N–H and O–H groups in total. The molecule has 0 unspecified atom stereocenters. The molecule has 0 fully saturated rings. The SMILES string of the molecule is CN=C(NCc1nnc2ccccn12)NCC(C)(C)c1cccc(Cl)c1.I. The molecule has 2 aromatic heterocycles. The maximum absolute atomic E-state index is 6.12. The molecule has 0 aliphatic rings. The summed E-state index contributed by atoms with van der Waals surface area (Å²) in [6.45, 7) is 5.59. The van der Waals surface area contributed by atoms with Crippen LogP contribution in [0.1, 0.15) is 25.2 Å². The van der Waals surface area contributed by atoms with Crippen molar-refractivity contribution in [2.75, 3.05) is 13.6 Å². The third-order valence-electron chi connectivity index (χ3n) is 4.33. The molecule has 0 aliphatic heterocycles. The van der Waals surface area contributed by atoms with Crippen molar-refractivity contribution in [2.24, 2.45) is 4.99 Å². The highest BCUT2D eigenvalue weighted by Crippen LogP contribution is 2.24. The fourth-order valence-corrected chi connectivity index (χ4v) is 2.90. The number of aliphatic imine (C=N–C) groups is 1. The molecule has 6 nitrogen and oxygen atoms in total. The number of pyridine rings is 1. The molecule has 1 aromatic carbocycles. The van der Waals surface area contributed by atoms with Crippen LogP contribution >= 0.6 is 35.6 Å². The molecule has 0 aliphatic carbocycles. The molecule has 27 heavy (non-hydrogen) atoms. The first-order chi connectivity index (χ1) is 12.5. The van der Waals surface area contributed by atoms with E-state index in [4.69, 9.17) is 11.6 Å². The Kier molecular flexibility index (Phi) is 7.43. The number of aromatic nitrogens is 3. The molecule has 0 bridgehead atoms. The number of hydrogen-bond acceptors (Lipinski definition) is 3. The van der Waals surface area contributed by atoms with Gasteiger partial charge in [0, 0.05) is 30.2 Å². The van der Waals surface area contributed by atoms with Crippen LogP contribution in [0.15, 0.2) is 53.7 Å². The van der Waals surface area contributed by atoms with Crippen LogP contribution in [0.25, 0.3) is 5.65 Å². The number of hydrogen-bond donors (Lipinski definition) is 2. The van der Waals surface area contributed by atoms with E-state index >= 15 is 0 Å². The highest BCUT2D eigenvalue weighted by atomic mass is 127. The molecule has 0 saturated heterocycles. The monoisotopic (exact) mass is 498 g/mol. The molecule has 3 rings (SSSR count). The fraction of sp³-hybridized carbons (Fsp3) is 0.316. The third kappa shape index (κ3) is 5.32. The number of benzene rings is 1. The molecular formula is C19H24ClIN6. The van der Waals surface area contributed by atoms with Gasteiger partial charge in [0.05, 0.1) is 6.54 Å². The first-order valence-electron chi connectivity index (χ1n) is 8.49. The zero-order chi connectivity index (χ0) is 18.6. The summed E-state index contributed by atoms with van der Waals surface area (Å²) in [4.78, 5) is 4.29. The van der Waals surface area contributed by atoms with Gasteiger partial charge >= 0.3 is 0 Å². The topological polar surface area (TPSA) is 66.6 Å². The normalized spacial score (nSPS) is 11.9. The van der Waals surface area contributed by atoms with Crippen molar-refractivity contribution in [3.63, 3.8) is 0 Å². The van der Waals surface area contributed by atoms with Gasteiger partial charge in [-0.3, -0.25) is 9.39 Å². The van der Waals surface area contributed by atoms with E-state index in [-0.39, 0.29) is 29.4 Å². The molecular weight excluding hydrogens is 475 g/mol. The Bertz CT molecular complexity index is 921. The number of fused-ring (bicyclic) bond motifs is 1. The van der Waals surface area contributed by atoms with Crippen LogP contribution in [0.4, 0.5) is 0 Å². The van der Waals surface area contributed by atoms with Crippen molar-refractivity contribution in [3.8, 4) is 0 Å². The highest BCUT2D eigenvalue weighted by Gasteiger charge is 2.21. The van der Waals surface area contributed by atoms with Gasteiger partial charge < -0.3 is 10.6 Å². The Hall–Kier alpha value is -1.87. The van der Waals surface area contributed by atoms with Gasteiger partial charge in [-0.25, -0.2) is 0 Å². The lowest BCUT2D eigenvalue weighted by atomic mass is 9.84. The van der Waals surface area contributed by atoms with Gasteiger partial charge in [-0.05, 0) is 29.8 Å². The predicted molar refractivity (Wildman–Crippen MR) is 121 cm³/mol. The van der Waals surface area contributed by atoms with Crippen LogP contribution in [-0.2, 0) is 12.0 Å². The van der Waals surface area contributed by atoms with Crippen molar-refractivity contribution in [1.29, 1.82) is 0 Å². The Balaban J connectivity index is 0.00000261. The minimum absolute atomic E-state index is 0. The summed E-state index contributed by atoms with van der Waals surface area (Å²) in [5, 5.41) is 15.8. The number of guanidine groups is 1. The summed E-state index contributed by atoms with van der Waals surface area (Å²) < 4.78 is 1.95. The minimum atomic E-state index is -0.0932. The number of nitrogens with zero attached hydrogens (tertiary/aromatic N) is 4. The second-order valence-electron chi connectivity index (χ2n) is 6.72. The van der Waals surface area contributed by atoms with Crippen LogP contribution in [-0.4, -0.2) is 34.2 Å². The molecule has 0 saturated carbocycles. The van der Waals surface area contributed by atoms with E-state index in [1.807, 2.05) is 47.0 Å². The standard InChI is InChI=1S/C19H23ClN6.HI/c1-19(2,14-7-6-8-15(20)11-14)13-23-18(21-3)22-12-17-25-24-16-9-4-5-10-26(16)17;/h4-11H,12-13H2,1-3H3,(H2,21,22,23);1H. The van der Waals surface area contributed by atoms with Crippen molar-refractivity contribution in [1.82, 2.24) is 25.2 Å². The lowest BCUT2D eigenvalue weighted by Crippen LogP contribution is -2.43. The Morgan fingerprint density at radius 1 is 1.15 bits per heavy atom. The molecule has 3 aromatic rings. The summed E-state index contributed by atoms with van der Waals surface area (Å²) in [7, 11) is 1.75. The second kappa shape index (κ2) is 9.36. The van der Waals surface area contributed by atoms with E-state index in [2.05, 4.69) is 45.7 Å². The molecule has 0 amide bonds. The minimum Gasteiger partial charge on any atom is -0.356 e. The van der Waals surface area contributed by atoms with Crippen LogP contribution in [0.5, 0.6) is 0 Å². The zero-order valence-corrected chi connectivity index (χ0v) is 18.7. The Labute approximate surface area is 181 Å². The van der Waals surface area contributed by atoms with Gasteiger partial charge in [0.25, 0.3) is 0 Å². The fourth-order valence-electron chi connectivity index (χ4n) is 2.71. The average molecular weight is 499 g/mol. The van der Waals surface area contributed by atoms with Crippen LogP contribution in [0.2, 0.25) is 5.02 Å². The lowest BCUT2D eigenvalue weighted by Gasteiger charge is -2.27. The average Bonchev–Trinajstić information content (AvgIpc) is 3.05. The summed E-state index contributed by atoms with van der Waals surface area (Å²) in [6, 6.07) is 13.8. The van der Waals surface area contributed by atoms with E-state index in [0.717, 1.165) is 16.5 Å². The van der Waals surface area contributed by atoms with E-state index in [0.29, 0.717) is 19.0 Å². The van der Waals surface area contributed by atoms with Crippen molar-refractivity contribution in [2.45, 2.75) is 25.8 Å². The number of halogens is 2. The molecule has 0 atom stereocenters. The number of rotatable bonds is 5. The second-order valence-corrected chi connectivity index (χ2v) is 7.16. The van der Waals surface area contributed by atoms with Crippen molar-refractivity contribution < 1.29 is 0 Å². The van der Waals surface area contributed by atoms with Gasteiger partial charge in [0.1, 0.15) is 0 Å². The van der Waals surface area contributed by atoms with Gasteiger partial charge in [0.15, 0.2) is 17.4 Å². The van der Waals surface area contributed by atoms with Crippen LogP contribution < -0.4 is 10.6 Å². The highest BCUT2D eigenvalue weighted by molar-refractivity contribution is 14.0. The van der Waals surface area contributed by atoms with Gasteiger partial charge in [-0.15, -0.1) is 34.2 Å². The van der Waals surface area contributed by atoms with Gasteiger partial charge in [0.2, 0.25) is 0 Å². The number of nitrogens with one attached hydrogen (secondary N) is 2. The van der Waals surface area contributed by atoms with E-state index in [1.54, 1.807) is 7.05 Å². The maximum Gasteiger partial charge on any atom is 0.191 e. The smallest absolute Gasteiger partial charge is 0.191 e. The first-order valence-corrected chi connectivity index (χ1v) is 8.86. The molecule has 0 spiro atoms. The Morgan fingerprint density at radius 3 is 2.70 bits per heavy atom. The van der Waals surface area contributed by atoms with E-state index in [9.17, 15) is 0 Å². The van der Waals surface area contributed by atoms with Crippen molar-refractivity contribution >= 4 is 47.2 Å². The molecule has 8 heteroatoms. The van der Waals surface area contributed by atoms with Crippen LogP contribution in [0, 0.1) is 0 Å². The summed E-state index contributed by atoms with van der Waals surface area (Å²) in [6.07, 6.45) is 1.95.